The number of likely N-dealkylation sites (tertiary alicyclic amines) is 1. The van der Waals surface area contributed by atoms with Gasteiger partial charge in [0, 0.05) is 13.1 Å². The second-order valence-corrected chi connectivity index (χ2v) is 7.86. The summed E-state index contributed by atoms with van der Waals surface area (Å²) in [6.07, 6.45) is 1.17. The average Bonchev–Trinajstić information content (AvgIpc) is 2.93. The molecule has 134 valence electrons. The number of thioether (sulfide) groups is 1. The van der Waals surface area contributed by atoms with Gasteiger partial charge >= 0.3 is 5.69 Å². The number of carbonyl (C=O) groups excluding carboxylic acids is 1. The molecule has 0 bridgehead atoms. The van der Waals surface area contributed by atoms with Crippen molar-refractivity contribution in [3.63, 3.8) is 0 Å². The molecule has 0 aliphatic carbocycles. The van der Waals surface area contributed by atoms with Crippen LogP contribution in [-0.2, 0) is 11.3 Å². The Bertz CT molecular complexity index is 761. The van der Waals surface area contributed by atoms with E-state index >= 15 is 0 Å². The quantitative estimate of drug-likeness (QED) is 0.830. The van der Waals surface area contributed by atoms with Crippen molar-refractivity contribution in [2.24, 2.45) is 11.8 Å². The van der Waals surface area contributed by atoms with Crippen LogP contribution < -0.4 is 5.69 Å². The fourth-order valence-electron chi connectivity index (χ4n) is 3.40. The van der Waals surface area contributed by atoms with E-state index in [2.05, 4.69) is 24.0 Å². The molecule has 1 saturated heterocycles. The van der Waals surface area contributed by atoms with E-state index in [1.807, 2.05) is 35.2 Å². The molecule has 1 aromatic carbocycles. The molecule has 3 rings (SSSR count). The Morgan fingerprint density at radius 2 is 1.92 bits per heavy atom. The predicted octanol–water partition coefficient (Wildman–Crippen LogP) is 2.22. The van der Waals surface area contributed by atoms with Gasteiger partial charge in [-0.25, -0.2) is 9.89 Å². The average molecular weight is 360 g/mol. The third-order valence-corrected chi connectivity index (χ3v) is 5.41. The molecule has 1 aromatic heterocycles. The van der Waals surface area contributed by atoms with Crippen LogP contribution in [0.25, 0.3) is 0 Å². The standard InChI is InChI=1S/C18H24N4O2S/c1-13-8-14(2)10-21(9-13)16(23)12-25-18-20-19-17(24)22(18)11-15-6-4-3-5-7-15/h3-7,13-14H,8-12H2,1-2H3,(H,19,24)/t13-,14-/m0/s1. The highest BCUT2D eigenvalue weighted by Crippen LogP contribution is 2.22. The molecular formula is C18H24N4O2S. The molecule has 1 amide bonds. The molecule has 1 aliphatic heterocycles. The van der Waals surface area contributed by atoms with Crippen molar-refractivity contribution in [2.45, 2.75) is 32.0 Å². The number of amides is 1. The van der Waals surface area contributed by atoms with Gasteiger partial charge in [-0.2, -0.15) is 0 Å². The molecule has 0 saturated carbocycles. The zero-order valence-corrected chi connectivity index (χ0v) is 15.5. The first-order valence-electron chi connectivity index (χ1n) is 8.62. The normalized spacial score (nSPS) is 20.6. The molecule has 1 fully saturated rings. The van der Waals surface area contributed by atoms with Crippen LogP contribution in [0.2, 0.25) is 0 Å². The van der Waals surface area contributed by atoms with Gasteiger partial charge in [0.1, 0.15) is 0 Å². The molecule has 2 heterocycles. The number of H-pyrrole nitrogens is 1. The lowest BCUT2D eigenvalue weighted by Crippen LogP contribution is -2.43. The summed E-state index contributed by atoms with van der Waals surface area (Å²) >= 11 is 1.32. The van der Waals surface area contributed by atoms with E-state index in [1.54, 1.807) is 4.57 Å². The highest BCUT2D eigenvalue weighted by atomic mass is 32.2. The number of aromatic nitrogens is 3. The van der Waals surface area contributed by atoms with Gasteiger partial charge in [-0.05, 0) is 23.8 Å². The number of carbonyl (C=O) groups is 1. The third-order valence-electron chi connectivity index (χ3n) is 4.45. The van der Waals surface area contributed by atoms with Crippen molar-refractivity contribution in [1.29, 1.82) is 0 Å². The summed E-state index contributed by atoms with van der Waals surface area (Å²) in [5.41, 5.74) is 0.775. The summed E-state index contributed by atoms with van der Waals surface area (Å²) in [5, 5.41) is 7.12. The Labute approximate surface area is 151 Å². The summed E-state index contributed by atoms with van der Waals surface area (Å²) in [5.74, 6) is 1.50. The lowest BCUT2D eigenvalue weighted by atomic mass is 9.92. The lowest BCUT2D eigenvalue weighted by molar-refractivity contribution is -0.130. The van der Waals surface area contributed by atoms with Crippen molar-refractivity contribution < 1.29 is 4.79 Å². The first-order chi connectivity index (χ1) is 12.0. The second-order valence-electron chi connectivity index (χ2n) is 6.92. The van der Waals surface area contributed by atoms with Crippen molar-refractivity contribution >= 4 is 17.7 Å². The SMILES string of the molecule is C[C@H]1C[C@H](C)CN(C(=O)CSc2n[nH]c(=O)n2Cc2ccccc2)C1. The summed E-state index contributed by atoms with van der Waals surface area (Å²) in [6, 6.07) is 9.76. The number of nitrogens with zero attached hydrogens (tertiary/aromatic N) is 3. The molecule has 7 heteroatoms. The molecule has 0 unspecified atom stereocenters. The maximum atomic E-state index is 12.5. The van der Waals surface area contributed by atoms with E-state index in [-0.39, 0.29) is 11.6 Å². The van der Waals surface area contributed by atoms with Gasteiger partial charge in [0.05, 0.1) is 12.3 Å². The number of hydrogen-bond acceptors (Lipinski definition) is 4. The maximum Gasteiger partial charge on any atom is 0.344 e. The predicted molar refractivity (Wildman–Crippen MR) is 98.6 cm³/mol. The fourth-order valence-corrected chi connectivity index (χ4v) is 4.25. The van der Waals surface area contributed by atoms with Crippen molar-refractivity contribution in [2.75, 3.05) is 18.8 Å². The topological polar surface area (TPSA) is 71.0 Å². The number of nitrogens with one attached hydrogen (secondary N) is 1. The van der Waals surface area contributed by atoms with Gasteiger partial charge in [0.2, 0.25) is 5.91 Å². The van der Waals surface area contributed by atoms with Crippen LogP contribution in [0.5, 0.6) is 0 Å². The van der Waals surface area contributed by atoms with Crippen LogP contribution in [0, 0.1) is 11.8 Å². The van der Waals surface area contributed by atoms with Crippen LogP contribution >= 0.6 is 11.8 Å². The zero-order chi connectivity index (χ0) is 17.8. The van der Waals surface area contributed by atoms with Crippen LogP contribution in [0.3, 0.4) is 0 Å². The molecule has 1 aliphatic rings. The van der Waals surface area contributed by atoms with E-state index in [1.165, 1.54) is 18.2 Å². The van der Waals surface area contributed by atoms with Gasteiger partial charge in [-0.3, -0.25) is 9.36 Å². The van der Waals surface area contributed by atoms with Crippen molar-refractivity contribution in [3.8, 4) is 0 Å². The minimum absolute atomic E-state index is 0.116. The summed E-state index contributed by atoms with van der Waals surface area (Å²) in [4.78, 5) is 26.5. The van der Waals surface area contributed by atoms with E-state index < -0.39 is 0 Å². The Balaban J connectivity index is 1.64. The number of benzene rings is 1. The summed E-state index contributed by atoms with van der Waals surface area (Å²) < 4.78 is 1.58. The van der Waals surface area contributed by atoms with Gasteiger partial charge in [-0.1, -0.05) is 55.9 Å². The minimum atomic E-state index is -0.251. The Morgan fingerprint density at radius 1 is 1.24 bits per heavy atom. The van der Waals surface area contributed by atoms with Gasteiger partial charge < -0.3 is 4.90 Å². The molecule has 1 N–H and O–H groups in total. The van der Waals surface area contributed by atoms with Crippen molar-refractivity contribution in [1.82, 2.24) is 19.7 Å². The van der Waals surface area contributed by atoms with E-state index in [0.29, 0.717) is 29.3 Å². The fraction of sp³-hybridized carbons (Fsp3) is 0.500. The van der Waals surface area contributed by atoms with Gasteiger partial charge in [0.25, 0.3) is 0 Å². The van der Waals surface area contributed by atoms with Crippen LogP contribution in [0.1, 0.15) is 25.8 Å². The van der Waals surface area contributed by atoms with E-state index in [4.69, 9.17) is 0 Å². The molecule has 2 aromatic rings. The highest BCUT2D eigenvalue weighted by molar-refractivity contribution is 7.99. The molecule has 0 radical (unpaired) electrons. The maximum absolute atomic E-state index is 12.5. The smallest absolute Gasteiger partial charge is 0.341 e. The first-order valence-corrected chi connectivity index (χ1v) is 9.61. The molecule has 25 heavy (non-hydrogen) atoms. The lowest BCUT2D eigenvalue weighted by Gasteiger charge is -2.34. The van der Waals surface area contributed by atoms with Crippen LogP contribution in [0.4, 0.5) is 0 Å². The van der Waals surface area contributed by atoms with Gasteiger partial charge in [0.15, 0.2) is 5.16 Å². The Morgan fingerprint density at radius 3 is 2.60 bits per heavy atom. The third kappa shape index (κ3) is 4.54. The number of rotatable bonds is 5. The largest absolute Gasteiger partial charge is 0.344 e. The van der Waals surface area contributed by atoms with Crippen molar-refractivity contribution in [3.05, 3.63) is 46.4 Å². The monoisotopic (exact) mass is 360 g/mol. The molecular weight excluding hydrogens is 336 g/mol. The molecule has 6 nitrogen and oxygen atoms in total. The second kappa shape index (κ2) is 7.91. The highest BCUT2D eigenvalue weighted by Gasteiger charge is 2.25. The van der Waals surface area contributed by atoms with E-state index in [0.717, 1.165) is 18.7 Å². The Hall–Kier alpha value is -2.02. The van der Waals surface area contributed by atoms with Gasteiger partial charge in [-0.15, -0.1) is 5.10 Å². The number of aromatic amines is 1. The number of hydrogen-bond donors (Lipinski definition) is 1. The van der Waals surface area contributed by atoms with Crippen LogP contribution in [0.15, 0.2) is 40.3 Å². The summed E-state index contributed by atoms with van der Waals surface area (Å²) in [7, 11) is 0. The first kappa shape index (κ1) is 17.8. The molecule has 0 spiro atoms. The van der Waals surface area contributed by atoms with Crippen LogP contribution in [-0.4, -0.2) is 44.4 Å². The number of piperidine rings is 1. The van der Waals surface area contributed by atoms with E-state index in [9.17, 15) is 9.59 Å². The zero-order valence-electron chi connectivity index (χ0n) is 14.6. The summed E-state index contributed by atoms with van der Waals surface area (Å²) in [6.45, 7) is 6.47. The molecule has 2 atom stereocenters. The Kier molecular flexibility index (Phi) is 5.63. The minimum Gasteiger partial charge on any atom is -0.341 e.